The van der Waals surface area contributed by atoms with Crippen LogP contribution in [0.4, 0.5) is 0 Å². The second kappa shape index (κ2) is 3.76. The van der Waals surface area contributed by atoms with Gasteiger partial charge in [0.25, 0.3) is 0 Å². The van der Waals surface area contributed by atoms with E-state index in [4.69, 9.17) is 16.2 Å². The highest BCUT2D eigenvalue weighted by Gasteiger charge is 2.07. The molecule has 4 N–H and O–H groups in total. The fraction of sp³-hybridized carbons (Fsp3) is 0.100. The van der Waals surface area contributed by atoms with E-state index >= 15 is 0 Å². The first kappa shape index (κ1) is 9.32. The Bertz CT molecular complexity index is 337. The van der Waals surface area contributed by atoms with Gasteiger partial charge >= 0.3 is 0 Å². The molecule has 0 aliphatic heterocycles. The van der Waals surface area contributed by atoms with Crippen LogP contribution in [0, 0.1) is 5.41 Å². The molecule has 13 heavy (non-hydrogen) atoms. The molecule has 0 unspecified atom stereocenters. The number of benzene rings is 1. The van der Waals surface area contributed by atoms with E-state index in [9.17, 15) is 0 Å². The van der Waals surface area contributed by atoms with Crippen LogP contribution >= 0.6 is 0 Å². The third-order valence-electron chi connectivity index (χ3n) is 1.69. The summed E-state index contributed by atoms with van der Waals surface area (Å²) in [4.78, 5) is 0. The number of hydrogen-bond acceptors (Lipinski definition) is 3. The molecule has 0 amide bonds. The molecule has 3 heteroatoms. The highest BCUT2D eigenvalue weighted by atomic mass is 16.3. The molecule has 1 rings (SSSR count). The summed E-state index contributed by atoms with van der Waals surface area (Å²) in [5.41, 5.74) is 6.67. The first-order chi connectivity index (χ1) is 6.13. The van der Waals surface area contributed by atoms with Crippen molar-refractivity contribution in [1.82, 2.24) is 0 Å². The molecule has 0 aliphatic rings. The van der Waals surface area contributed by atoms with Crippen LogP contribution in [0.3, 0.4) is 0 Å². The number of nitrogens with one attached hydrogen (secondary N) is 1. The summed E-state index contributed by atoms with van der Waals surface area (Å²) < 4.78 is 0. The molecule has 68 valence electrons. The van der Waals surface area contributed by atoms with Crippen molar-refractivity contribution in [2.75, 3.05) is 0 Å². The van der Waals surface area contributed by atoms with Gasteiger partial charge in [-0.15, -0.1) is 0 Å². The Balaban J connectivity index is 3.20. The first-order valence-electron chi connectivity index (χ1n) is 3.92. The topological polar surface area (TPSA) is 70.1 Å². The number of allylic oxidation sites excluding steroid dienone is 1. The summed E-state index contributed by atoms with van der Waals surface area (Å²) in [7, 11) is 0. The second-order valence-corrected chi connectivity index (χ2v) is 2.75. The van der Waals surface area contributed by atoms with Gasteiger partial charge in [-0.25, -0.2) is 0 Å². The molecular formula is C10H12N2O. The minimum absolute atomic E-state index is 0.256. The van der Waals surface area contributed by atoms with Crippen LogP contribution in [0.15, 0.2) is 36.2 Å². The Morgan fingerprint density at radius 2 is 1.85 bits per heavy atom. The highest BCUT2D eigenvalue weighted by Crippen LogP contribution is 2.16. The predicted octanol–water partition coefficient (Wildman–Crippen LogP) is 1.91. The van der Waals surface area contributed by atoms with Crippen molar-refractivity contribution < 1.29 is 5.11 Å². The lowest BCUT2D eigenvalue weighted by atomic mass is 10.0. The number of rotatable bonds is 2. The minimum Gasteiger partial charge on any atom is -0.494 e. The molecule has 0 saturated carbocycles. The van der Waals surface area contributed by atoms with Crippen molar-refractivity contribution in [3.8, 4) is 0 Å². The zero-order valence-electron chi connectivity index (χ0n) is 7.41. The number of nitrogens with two attached hydrogens (primary N) is 1. The maximum absolute atomic E-state index is 9.15. The average Bonchev–Trinajstić information content (AvgIpc) is 2.04. The molecule has 0 atom stereocenters. The monoisotopic (exact) mass is 176 g/mol. The molecule has 0 aliphatic carbocycles. The number of aliphatic hydroxyl groups is 1. The predicted molar refractivity (Wildman–Crippen MR) is 53.6 cm³/mol. The lowest BCUT2D eigenvalue weighted by molar-refractivity contribution is 0.409. The molecule has 0 bridgehead atoms. The van der Waals surface area contributed by atoms with Crippen LogP contribution in [0.25, 0.3) is 5.57 Å². The molecule has 0 radical (unpaired) electrons. The Kier molecular flexibility index (Phi) is 2.69. The van der Waals surface area contributed by atoms with Crippen LogP contribution in [0.5, 0.6) is 0 Å². The molecule has 1 aromatic rings. The highest BCUT2D eigenvalue weighted by molar-refractivity contribution is 6.21. The fourth-order valence-electron chi connectivity index (χ4n) is 1.16. The first-order valence-corrected chi connectivity index (χ1v) is 3.92. The van der Waals surface area contributed by atoms with Crippen molar-refractivity contribution in [2.24, 2.45) is 5.73 Å². The molecular weight excluding hydrogens is 164 g/mol. The van der Waals surface area contributed by atoms with Gasteiger partial charge in [0.1, 0.15) is 0 Å². The zero-order valence-corrected chi connectivity index (χ0v) is 7.41. The van der Waals surface area contributed by atoms with E-state index in [1.165, 1.54) is 0 Å². The van der Waals surface area contributed by atoms with E-state index in [2.05, 4.69) is 0 Å². The summed E-state index contributed by atoms with van der Waals surface area (Å²) in [5.74, 6) is -0.307. The molecule has 0 aromatic heterocycles. The van der Waals surface area contributed by atoms with Crippen molar-refractivity contribution in [3.63, 3.8) is 0 Å². The van der Waals surface area contributed by atoms with Gasteiger partial charge in [-0.2, -0.15) is 0 Å². The Morgan fingerprint density at radius 1 is 1.31 bits per heavy atom. The van der Waals surface area contributed by atoms with Crippen molar-refractivity contribution in [2.45, 2.75) is 6.92 Å². The third-order valence-corrected chi connectivity index (χ3v) is 1.69. The summed E-state index contributed by atoms with van der Waals surface area (Å²) in [6.07, 6.45) is 0. The Morgan fingerprint density at radius 3 is 2.23 bits per heavy atom. The maximum atomic E-state index is 9.15. The van der Waals surface area contributed by atoms with Gasteiger partial charge < -0.3 is 16.2 Å². The Labute approximate surface area is 77.0 Å². The van der Waals surface area contributed by atoms with Crippen molar-refractivity contribution >= 4 is 11.3 Å². The van der Waals surface area contributed by atoms with Gasteiger partial charge in [0.2, 0.25) is 0 Å². The lowest BCUT2D eigenvalue weighted by Gasteiger charge is -2.05. The molecule has 0 spiro atoms. The second-order valence-electron chi connectivity index (χ2n) is 2.75. The number of aliphatic hydroxyl groups excluding tert-OH is 1. The van der Waals surface area contributed by atoms with Crippen LogP contribution in [-0.2, 0) is 0 Å². The SMILES string of the molecule is CC(=N)/C(=C(/N)O)c1ccccc1. The van der Waals surface area contributed by atoms with E-state index in [1.807, 2.05) is 18.2 Å². The molecule has 3 nitrogen and oxygen atoms in total. The molecule has 1 aromatic carbocycles. The summed E-state index contributed by atoms with van der Waals surface area (Å²) in [6.45, 7) is 1.59. The van der Waals surface area contributed by atoms with Crippen LogP contribution in [-0.4, -0.2) is 10.8 Å². The van der Waals surface area contributed by atoms with E-state index in [0.29, 0.717) is 5.57 Å². The lowest BCUT2D eigenvalue weighted by Crippen LogP contribution is -2.06. The van der Waals surface area contributed by atoms with Gasteiger partial charge in [0.05, 0.1) is 5.57 Å². The van der Waals surface area contributed by atoms with Crippen molar-refractivity contribution in [3.05, 3.63) is 41.8 Å². The fourth-order valence-corrected chi connectivity index (χ4v) is 1.16. The van der Waals surface area contributed by atoms with Crippen LogP contribution in [0.2, 0.25) is 0 Å². The van der Waals surface area contributed by atoms with Gasteiger partial charge in [-0.05, 0) is 12.5 Å². The minimum atomic E-state index is -0.307. The van der Waals surface area contributed by atoms with Gasteiger partial charge in [0, 0.05) is 5.71 Å². The maximum Gasteiger partial charge on any atom is 0.191 e. The zero-order chi connectivity index (χ0) is 9.84. The summed E-state index contributed by atoms with van der Waals surface area (Å²) >= 11 is 0. The molecule has 0 saturated heterocycles. The largest absolute Gasteiger partial charge is 0.494 e. The van der Waals surface area contributed by atoms with Gasteiger partial charge in [-0.3, -0.25) is 0 Å². The van der Waals surface area contributed by atoms with E-state index in [0.717, 1.165) is 5.56 Å². The van der Waals surface area contributed by atoms with Crippen LogP contribution in [0.1, 0.15) is 12.5 Å². The molecule has 0 fully saturated rings. The summed E-state index contributed by atoms with van der Waals surface area (Å²) in [6, 6.07) is 9.14. The number of hydrogen-bond donors (Lipinski definition) is 3. The van der Waals surface area contributed by atoms with Gasteiger partial charge in [0.15, 0.2) is 5.88 Å². The quantitative estimate of drug-likeness (QED) is 0.476. The summed E-state index contributed by atoms with van der Waals surface area (Å²) in [5, 5.41) is 16.6. The van der Waals surface area contributed by atoms with Crippen LogP contribution < -0.4 is 5.73 Å². The van der Waals surface area contributed by atoms with Gasteiger partial charge in [-0.1, -0.05) is 30.3 Å². The van der Waals surface area contributed by atoms with Crippen molar-refractivity contribution in [1.29, 1.82) is 5.41 Å². The standard InChI is InChI=1S/C10H12N2O/c1-7(11)9(10(12)13)8-5-3-2-4-6-8/h2-6,11,13H,12H2,1H3/b10-9+,11-7?. The molecule has 0 heterocycles. The Hall–Kier alpha value is -1.77. The third kappa shape index (κ3) is 2.08. The normalized spacial score (nSPS) is 12.1. The van der Waals surface area contributed by atoms with E-state index in [-0.39, 0.29) is 11.6 Å². The van der Waals surface area contributed by atoms with E-state index < -0.39 is 0 Å². The average molecular weight is 176 g/mol. The van der Waals surface area contributed by atoms with E-state index in [1.54, 1.807) is 19.1 Å². The smallest absolute Gasteiger partial charge is 0.191 e.